The topological polar surface area (TPSA) is 139 Å². The zero-order chi connectivity index (χ0) is 16.4. The van der Waals surface area contributed by atoms with Crippen molar-refractivity contribution in [2.45, 2.75) is 0 Å². The molecule has 130 valence electrons. The Balaban J connectivity index is 0.00000156. The highest BCUT2D eigenvalue weighted by atomic mass is 35.5. The van der Waals surface area contributed by atoms with Crippen molar-refractivity contribution in [3.8, 4) is 22.7 Å². The summed E-state index contributed by atoms with van der Waals surface area (Å²) in [7, 11) is 0. The Labute approximate surface area is 156 Å². The lowest BCUT2D eigenvalue weighted by Gasteiger charge is -1.99. The molecule has 6 N–H and O–H groups in total. The number of nitrogens with two attached hydrogens (primary N) is 2. The number of nitrogen functional groups attached to an aromatic ring is 2. The van der Waals surface area contributed by atoms with Crippen LogP contribution < -0.4 is 11.5 Å². The minimum atomic E-state index is -0.0341. The van der Waals surface area contributed by atoms with Gasteiger partial charge >= 0.3 is 0 Å². The van der Waals surface area contributed by atoms with Gasteiger partial charge in [-0.3, -0.25) is 15.8 Å². The molecular weight excluding hydrogens is 363 g/mol. The summed E-state index contributed by atoms with van der Waals surface area (Å²) in [4.78, 5) is 4.21. The first-order valence-corrected chi connectivity index (χ1v) is 6.77. The predicted molar refractivity (Wildman–Crippen MR) is 102 cm³/mol. The number of amidine groups is 2. The summed E-state index contributed by atoms with van der Waals surface area (Å²) in [6, 6.07) is 12.2. The van der Waals surface area contributed by atoms with Crippen LogP contribution in [0.2, 0.25) is 0 Å². The zero-order valence-corrected chi connectivity index (χ0v) is 14.5. The van der Waals surface area contributed by atoms with Gasteiger partial charge in [0.1, 0.15) is 23.1 Å². The minimum absolute atomic E-state index is 0. The monoisotopic (exact) mass is 378 g/mol. The van der Waals surface area contributed by atoms with Crippen LogP contribution in [0.4, 0.5) is 0 Å². The molecule has 0 fully saturated rings. The summed E-state index contributed by atoms with van der Waals surface area (Å²) in [6.07, 6.45) is 1.57. The molecule has 25 heavy (non-hydrogen) atoms. The van der Waals surface area contributed by atoms with Gasteiger partial charge in [0.2, 0.25) is 0 Å². The van der Waals surface area contributed by atoms with Gasteiger partial charge in [-0.1, -0.05) is 29.4 Å². The molecule has 9 heteroatoms. The molecule has 0 aliphatic rings. The highest BCUT2D eigenvalue weighted by Crippen LogP contribution is 2.25. The number of pyridine rings is 1. The number of rotatable bonds is 4. The number of nitrogens with zero attached hydrogens (tertiary/aromatic N) is 2. The van der Waals surface area contributed by atoms with Crippen molar-refractivity contribution >= 4 is 36.5 Å². The van der Waals surface area contributed by atoms with Crippen LogP contribution in [-0.4, -0.2) is 21.8 Å². The molecule has 0 aliphatic carbocycles. The van der Waals surface area contributed by atoms with Crippen molar-refractivity contribution in [2.24, 2.45) is 11.5 Å². The quantitative estimate of drug-likeness (QED) is 0.408. The number of nitrogens with one attached hydrogen (secondary N) is 2. The van der Waals surface area contributed by atoms with E-state index in [9.17, 15) is 0 Å². The molecule has 3 aromatic rings. The smallest absolute Gasteiger partial charge is 0.185 e. The van der Waals surface area contributed by atoms with E-state index in [-0.39, 0.29) is 36.5 Å². The molecule has 0 saturated carbocycles. The summed E-state index contributed by atoms with van der Waals surface area (Å²) >= 11 is 0. The van der Waals surface area contributed by atoms with E-state index < -0.39 is 0 Å². The molecule has 0 aliphatic heterocycles. The van der Waals surface area contributed by atoms with Crippen molar-refractivity contribution in [3.63, 3.8) is 0 Å². The maximum absolute atomic E-state index is 7.47. The van der Waals surface area contributed by atoms with Crippen LogP contribution in [0.1, 0.15) is 11.1 Å². The maximum atomic E-state index is 7.47. The zero-order valence-electron chi connectivity index (χ0n) is 12.9. The second-order valence-electron chi connectivity index (χ2n) is 4.91. The van der Waals surface area contributed by atoms with Crippen molar-refractivity contribution in [2.75, 3.05) is 0 Å². The molecule has 2 heterocycles. The average molecular weight is 379 g/mol. The van der Waals surface area contributed by atoms with Crippen molar-refractivity contribution < 1.29 is 4.52 Å². The van der Waals surface area contributed by atoms with E-state index in [2.05, 4.69) is 10.1 Å². The fraction of sp³-hybridized carbons (Fsp3) is 0. The maximum Gasteiger partial charge on any atom is 0.185 e. The third-order valence-corrected chi connectivity index (χ3v) is 3.33. The summed E-state index contributed by atoms with van der Waals surface area (Å²) in [5, 5.41) is 18.9. The van der Waals surface area contributed by atoms with Crippen LogP contribution in [0.3, 0.4) is 0 Å². The number of aromatic nitrogens is 2. The van der Waals surface area contributed by atoms with Crippen molar-refractivity contribution in [1.82, 2.24) is 10.1 Å². The van der Waals surface area contributed by atoms with E-state index in [0.717, 1.165) is 5.56 Å². The number of benzene rings is 1. The van der Waals surface area contributed by atoms with Gasteiger partial charge in [0.05, 0.1) is 0 Å². The van der Waals surface area contributed by atoms with Gasteiger partial charge < -0.3 is 16.0 Å². The van der Waals surface area contributed by atoms with E-state index in [1.54, 1.807) is 36.5 Å². The van der Waals surface area contributed by atoms with Gasteiger partial charge in [0.25, 0.3) is 0 Å². The molecule has 0 bridgehead atoms. The molecule has 1 aromatic carbocycles. The number of halogens is 2. The standard InChI is InChI=1S/C16H14N6O.2ClH/c17-15(18)10-3-1-9(2-4-10)12-8-14(23-22-12)13-7-11(16(19)20)5-6-21-13;;/h1-8H,(H3,17,18)(H3,19,20);2*1H. The fourth-order valence-electron chi connectivity index (χ4n) is 2.09. The summed E-state index contributed by atoms with van der Waals surface area (Å²) in [5.41, 5.74) is 14.2. The molecule has 0 spiro atoms. The molecular formula is C16H16Cl2N6O. The van der Waals surface area contributed by atoms with E-state index >= 15 is 0 Å². The highest BCUT2D eigenvalue weighted by molar-refractivity contribution is 5.96. The third kappa shape index (κ3) is 4.34. The normalized spacial score (nSPS) is 9.60. The Morgan fingerprint density at radius 3 is 2.08 bits per heavy atom. The summed E-state index contributed by atoms with van der Waals surface area (Å²) < 4.78 is 5.33. The van der Waals surface area contributed by atoms with Gasteiger partial charge in [-0.2, -0.15) is 0 Å². The van der Waals surface area contributed by atoms with Crippen LogP contribution >= 0.6 is 24.8 Å². The van der Waals surface area contributed by atoms with Gasteiger partial charge in [0, 0.05) is 29.0 Å². The van der Waals surface area contributed by atoms with E-state index in [1.807, 2.05) is 12.1 Å². The largest absolute Gasteiger partial charge is 0.384 e. The second kappa shape index (κ2) is 8.27. The van der Waals surface area contributed by atoms with Gasteiger partial charge in [-0.05, 0) is 12.1 Å². The Hall–Kier alpha value is -2.90. The van der Waals surface area contributed by atoms with Crippen LogP contribution in [0.15, 0.2) is 53.2 Å². The highest BCUT2D eigenvalue weighted by Gasteiger charge is 2.11. The van der Waals surface area contributed by atoms with Crippen LogP contribution in [0.25, 0.3) is 22.7 Å². The lowest BCUT2D eigenvalue weighted by molar-refractivity contribution is 0.433. The van der Waals surface area contributed by atoms with Crippen molar-refractivity contribution in [3.05, 3.63) is 59.8 Å². The minimum Gasteiger partial charge on any atom is -0.384 e. The van der Waals surface area contributed by atoms with E-state index in [1.165, 1.54) is 0 Å². The first-order chi connectivity index (χ1) is 11.0. The molecule has 0 radical (unpaired) electrons. The van der Waals surface area contributed by atoms with E-state index in [4.69, 9.17) is 26.8 Å². The molecule has 0 unspecified atom stereocenters. The lowest BCUT2D eigenvalue weighted by Crippen LogP contribution is -2.11. The van der Waals surface area contributed by atoms with Crippen LogP contribution in [-0.2, 0) is 0 Å². The second-order valence-corrected chi connectivity index (χ2v) is 4.91. The first kappa shape index (κ1) is 20.1. The van der Waals surface area contributed by atoms with E-state index in [0.29, 0.717) is 28.3 Å². The Kier molecular flexibility index (Phi) is 6.67. The van der Waals surface area contributed by atoms with Gasteiger partial charge in [-0.25, -0.2) is 0 Å². The van der Waals surface area contributed by atoms with Gasteiger partial charge in [0.15, 0.2) is 5.76 Å². The SMILES string of the molecule is Cl.Cl.N=C(N)c1ccc(-c2cc(-c3cc(C(=N)N)ccn3)on2)cc1. The predicted octanol–water partition coefficient (Wildman–Crippen LogP) is 2.82. The van der Waals surface area contributed by atoms with Crippen molar-refractivity contribution in [1.29, 1.82) is 10.8 Å². The first-order valence-electron chi connectivity index (χ1n) is 6.77. The Bertz CT molecular complexity index is 892. The fourth-order valence-corrected chi connectivity index (χ4v) is 2.09. The number of hydrogen-bond acceptors (Lipinski definition) is 5. The molecule has 0 amide bonds. The molecule has 0 saturated heterocycles. The molecule has 2 aromatic heterocycles. The van der Waals surface area contributed by atoms with Crippen LogP contribution in [0, 0.1) is 10.8 Å². The molecule has 3 rings (SSSR count). The summed E-state index contributed by atoms with van der Waals surface area (Å²) in [6.45, 7) is 0. The average Bonchev–Trinajstić information content (AvgIpc) is 3.05. The third-order valence-electron chi connectivity index (χ3n) is 3.33. The van der Waals surface area contributed by atoms with Crippen LogP contribution in [0.5, 0.6) is 0 Å². The lowest BCUT2D eigenvalue weighted by atomic mass is 10.1. The molecule has 7 nitrogen and oxygen atoms in total. The van der Waals surface area contributed by atoms with Gasteiger partial charge in [-0.15, -0.1) is 24.8 Å². The number of hydrogen-bond donors (Lipinski definition) is 4. The Morgan fingerprint density at radius 1 is 0.840 bits per heavy atom. The Morgan fingerprint density at radius 2 is 1.48 bits per heavy atom. The summed E-state index contributed by atoms with van der Waals surface area (Å²) in [5.74, 6) is 0.467. The molecule has 0 atom stereocenters.